The number of piperazine rings is 1. The molecule has 43 heavy (non-hydrogen) atoms. The van der Waals surface area contributed by atoms with Crippen molar-refractivity contribution in [3.8, 4) is 11.4 Å². The highest BCUT2D eigenvalue weighted by atomic mass is 16.6. The molecule has 1 saturated carbocycles. The van der Waals surface area contributed by atoms with E-state index in [1.165, 1.54) is 0 Å². The van der Waals surface area contributed by atoms with Crippen molar-refractivity contribution in [1.82, 2.24) is 25.1 Å². The van der Waals surface area contributed by atoms with Gasteiger partial charge in [0.1, 0.15) is 17.6 Å². The lowest BCUT2D eigenvalue weighted by Gasteiger charge is -2.35. The number of rotatable bonds is 10. The van der Waals surface area contributed by atoms with Crippen molar-refractivity contribution in [2.24, 2.45) is 17.8 Å². The molecule has 0 radical (unpaired) electrons. The Hall–Kier alpha value is -4.22. The Kier molecular flexibility index (Phi) is 9.42. The molecular weight excluding hydrogens is 552 g/mol. The molecule has 3 amide bonds. The zero-order chi connectivity index (χ0) is 30.5. The number of carbonyl (C=O) groups excluding carboxylic acids is 4. The fourth-order valence-electron chi connectivity index (χ4n) is 5.84. The number of aromatic nitrogens is 2. The van der Waals surface area contributed by atoms with Gasteiger partial charge in [-0.1, -0.05) is 43.7 Å². The topological polar surface area (TPSA) is 134 Å². The third-order valence-corrected chi connectivity index (χ3v) is 8.35. The first-order valence-electron chi connectivity index (χ1n) is 15.2. The summed E-state index contributed by atoms with van der Waals surface area (Å²) in [5, 5.41) is 2.81. The third-order valence-electron chi connectivity index (χ3n) is 8.35. The first-order valence-corrected chi connectivity index (χ1v) is 15.2. The van der Waals surface area contributed by atoms with Gasteiger partial charge in [0.2, 0.25) is 5.91 Å². The van der Waals surface area contributed by atoms with E-state index in [0.717, 1.165) is 18.4 Å². The van der Waals surface area contributed by atoms with Crippen molar-refractivity contribution in [1.29, 1.82) is 0 Å². The summed E-state index contributed by atoms with van der Waals surface area (Å²) in [7, 11) is 0. The highest BCUT2D eigenvalue weighted by molar-refractivity contribution is 5.97. The van der Waals surface area contributed by atoms with E-state index in [4.69, 9.17) is 14.5 Å². The van der Waals surface area contributed by atoms with Crippen LogP contribution in [-0.4, -0.2) is 102 Å². The average molecular weight is 593 g/mol. The van der Waals surface area contributed by atoms with Crippen molar-refractivity contribution in [2.75, 3.05) is 57.4 Å². The summed E-state index contributed by atoms with van der Waals surface area (Å²) in [6.45, 7) is 9.02. The van der Waals surface area contributed by atoms with E-state index in [1.807, 2.05) is 44.2 Å². The molecule has 5 rings (SSSR count). The predicted molar refractivity (Wildman–Crippen MR) is 158 cm³/mol. The number of amides is 3. The summed E-state index contributed by atoms with van der Waals surface area (Å²) in [5.74, 6) is 0.516. The third kappa shape index (κ3) is 6.89. The number of hydrogen-bond acceptors (Lipinski definition) is 9. The Morgan fingerprint density at radius 1 is 0.953 bits per heavy atom. The Morgan fingerprint density at radius 3 is 2.28 bits per heavy atom. The molecule has 2 aliphatic heterocycles. The minimum Gasteiger partial charge on any atom is -0.466 e. The standard InChI is InChI=1S/C31H40N6O6/c1-4-6-16-43-31(41)36-14-12-35(13-15-36)29(39)20(3)32-28(38)24-17-25(34-27(33-24)21-10-8-7-9-11-21)37-18-22-23(19-37)26(22)30(40)42-5-2/h7-11,17,20,22-23,26H,4-6,12-16,18-19H2,1-3H3,(H,32,38)/t20-,22-,23+,26-/m0/s1. The second kappa shape index (κ2) is 13.4. The van der Waals surface area contributed by atoms with Crippen LogP contribution in [0.2, 0.25) is 0 Å². The van der Waals surface area contributed by atoms with Crippen molar-refractivity contribution >= 4 is 29.7 Å². The molecule has 3 aliphatic rings. The zero-order valence-electron chi connectivity index (χ0n) is 25.0. The van der Waals surface area contributed by atoms with Gasteiger partial charge in [-0.3, -0.25) is 14.4 Å². The van der Waals surface area contributed by atoms with Crippen LogP contribution in [0.4, 0.5) is 10.6 Å². The molecule has 1 aliphatic carbocycles. The average Bonchev–Trinajstić information content (AvgIpc) is 3.54. The maximum Gasteiger partial charge on any atom is 0.409 e. The molecule has 3 heterocycles. The molecule has 3 fully saturated rings. The lowest BCUT2D eigenvalue weighted by atomic mass is 10.2. The molecule has 1 N–H and O–H groups in total. The summed E-state index contributed by atoms with van der Waals surface area (Å²) in [6, 6.07) is 10.3. The molecule has 1 aromatic heterocycles. The van der Waals surface area contributed by atoms with Gasteiger partial charge in [0, 0.05) is 50.9 Å². The molecule has 12 nitrogen and oxygen atoms in total. The predicted octanol–water partition coefficient (Wildman–Crippen LogP) is 2.59. The first-order chi connectivity index (χ1) is 20.8. The van der Waals surface area contributed by atoms with Gasteiger partial charge < -0.3 is 29.5 Å². The maximum absolute atomic E-state index is 13.4. The van der Waals surface area contributed by atoms with Crippen LogP contribution >= 0.6 is 0 Å². The molecule has 2 saturated heterocycles. The normalized spacial score (nSPS) is 21.6. The number of fused-ring (bicyclic) bond motifs is 1. The molecule has 0 unspecified atom stereocenters. The van der Waals surface area contributed by atoms with Crippen LogP contribution in [-0.2, 0) is 19.1 Å². The maximum atomic E-state index is 13.4. The van der Waals surface area contributed by atoms with E-state index in [-0.39, 0.29) is 41.4 Å². The quantitative estimate of drug-likeness (QED) is 0.326. The number of ether oxygens (including phenoxy) is 2. The number of carbonyl (C=O) groups is 4. The number of benzene rings is 1. The number of unbranched alkanes of at least 4 members (excludes halogenated alkanes) is 1. The van der Waals surface area contributed by atoms with Crippen molar-refractivity contribution in [2.45, 2.75) is 39.7 Å². The van der Waals surface area contributed by atoms with E-state index in [1.54, 1.807) is 22.8 Å². The number of nitrogens with zero attached hydrogens (tertiary/aromatic N) is 5. The number of esters is 1. The number of piperidine rings is 1. The lowest BCUT2D eigenvalue weighted by Crippen LogP contribution is -2.55. The first kappa shape index (κ1) is 30.2. The van der Waals surface area contributed by atoms with Crippen LogP contribution in [0.15, 0.2) is 36.4 Å². The van der Waals surface area contributed by atoms with Crippen LogP contribution in [0.1, 0.15) is 44.1 Å². The van der Waals surface area contributed by atoms with Gasteiger partial charge in [0.05, 0.1) is 19.1 Å². The highest BCUT2D eigenvalue weighted by Gasteiger charge is 2.60. The molecular formula is C31H40N6O6. The molecule has 2 aromatic rings. The Morgan fingerprint density at radius 2 is 1.63 bits per heavy atom. The van der Waals surface area contributed by atoms with Gasteiger partial charge in [-0.25, -0.2) is 14.8 Å². The molecule has 0 spiro atoms. The largest absolute Gasteiger partial charge is 0.466 e. The van der Waals surface area contributed by atoms with Crippen LogP contribution in [0.25, 0.3) is 11.4 Å². The number of hydrogen-bond donors (Lipinski definition) is 1. The van der Waals surface area contributed by atoms with E-state index in [0.29, 0.717) is 64.1 Å². The SMILES string of the molecule is CCCCOC(=O)N1CCN(C(=O)[C@H](C)NC(=O)c2cc(N3C[C@@H]4[C@H](C3)[C@@H]4C(=O)OCC)nc(-c3ccccc3)n2)CC1. The van der Waals surface area contributed by atoms with Gasteiger partial charge in [0.15, 0.2) is 5.82 Å². The Labute approximate surface area is 251 Å². The summed E-state index contributed by atoms with van der Waals surface area (Å²) in [6.07, 6.45) is 1.40. The second-order valence-corrected chi connectivity index (χ2v) is 11.3. The van der Waals surface area contributed by atoms with Gasteiger partial charge in [-0.15, -0.1) is 0 Å². The number of nitrogens with one attached hydrogen (secondary N) is 1. The van der Waals surface area contributed by atoms with Crippen molar-refractivity contribution < 1.29 is 28.7 Å². The van der Waals surface area contributed by atoms with Gasteiger partial charge in [0.25, 0.3) is 5.91 Å². The fraction of sp³-hybridized carbons (Fsp3) is 0.548. The summed E-state index contributed by atoms with van der Waals surface area (Å²) in [5.41, 5.74) is 0.924. The Bertz CT molecular complexity index is 1320. The van der Waals surface area contributed by atoms with E-state index in [9.17, 15) is 19.2 Å². The smallest absolute Gasteiger partial charge is 0.409 e. The zero-order valence-corrected chi connectivity index (χ0v) is 25.0. The molecule has 4 atom stereocenters. The van der Waals surface area contributed by atoms with Crippen molar-refractivity contribution in [3.05, 3.63) is 42.1 Å². The van der Waals surface area contributed by atoms with Gasteiger partial charge in [-0.05, 0) is 32.1 Å². The minimum atomic E-state index is -0.793. The highest BCUT2D eigenvalue weighted by Crippen LogP contribution is 2.53. The number of anilines is 1. The van der Waals surface area contributed by atoms with Crippen molar-refractivity contribution in [3.63, 3.8) is 0 Å². The van der Waals surface area contributed by atoms with Gasteiger partial charge in [-0.2, -0.15) is 0 Å². The van der Waals surface area contributed by atoms with Crippen LogP contribution < -0.4 is 10.2 Å². The summed E-state index contributed by atoms with van der Waals surface area (Å²) in [4.78, 5) is 65.7. The van der Waals surface area contributed by atoms with E-state index < -0.39 is 11.9 Å². The Balaban J connectivity index is 1.23. The van der Waals surface area contributed by atoms with Crippen LogP contribution in [0.3, 0.4) is 0 Å². The van der Waals surface area contributed by atoms with E-state index in [2.05, 4.69) is 15.2 Å². The summed E-state index contributed by atoms with van der Waals surface area (Å²) < 4.78 is 10.5. The fourth-order valence-corrected chi connectivity index (χ4v) is 5.84. The molecule has 0 bridgehead atoms. The van der Waals surface area contributed by atoms with Gasteiger partial charge >= 0.3 is 12.1 Å². The molecule has 1 aromatic carbocycles. The lowest BCUT2D eigenvalue weighted by molar-refractivity contribution is -0.145. The summed E-state index contributed by atoms with van der Waals surface area (Å²) >= 11 is 0. The molecule has 230 valence electrons. The minimum absolute atomic E-state index is 0.0742. The monoisotopic (exact) mass is 592 g/mol. The molecule has 12 heteroatoms. The van der Waals surface area contributed by atoms with E-state index >= 15 is 0 Å². The second-order valence-electron chi connectivity index (χ2n) is 11.3. The van der Waals surface area contributed by atoms with Crippen LogP contribution in [0.5, 0.6) is 0 Å². The van der Waals surface area contributed by atoms with Crippen LogP contribution in [0, 0.1) is 17.8 Å².